The van der Waals surface area contributed by atoms with Crippen molar-refractivity contribution in [1.82, 2.24) is 4.90 Å². The second-order valence-electron chi connectivity index (χ2n) is 4.77. The van der Waals surface area contributed by atoms with Crippen molar-refractivity contribution in [2.45, 2.75) is 13.3 Å². The van der Waals surface area contributed by atoms with Crippen LogP contribution in [-0.4, -0.2) is 41.9 Å². The zero-order valence-corrected chi connectivity index (χ0v) is 11.2. The third kappa shape index (κ3) is 3.23. The summed E-state index contributed by atoms with van der Waals surface area (Å²) in [7, 11) is 0. The lowest BCUT2D eigenvalue weighted by molar-refractivity contribution is -0.385. The van der Waals surface area contributed by atoms with Crippen LogP contribution in [0, 0.1) is 15.9 Å². The minimum Gasteiger partial charge on any atom is -0.369 e. The van der Waals surface area contributed by atoms with Crippen LogP contribution in [0.3, 0.4) is 0 Å². The molecule has 0 radical (unpaired) electrons. The number of carbonyl (C=O) groups excluding carboxylic acids is 1. The highest BCUT2D eigenvalue weighted by atomic mass is 19.1. The van der Waals surface area contributed by atoms with Gasteiger partial charge >= 0.3 is 0 Å². The average Bonchev–Trinajstić information content (AvgIpc) is 2.63. The van der Waals surface area contributed by atoms with Gasteiger partial charge in [0, 0.05) is 44.9 Å². The molecule has 1 aliphatic heterocycles. The zero-order chi connectivity index (χ0) is 14.7. The minimum absolute atomic E-state index is 0.0112. The van der Waals surface area contributed by atoms with E-state index in [9.17, 15) is 19.3 Å². The molecule has 7 heteroatoms. The molecule has 0 atom stereocenters. The SMILES string of the molecule is CC(=O)N1CCCN(c2cc(F)cc([N+](=O)[O-])c2)CC1. The Bertz CT molecular complexity index is 536. The fourth-order valence-electron chi connectivity index (χ4n) is 2.34. The first-order valence-electron chi connectivity index (χ1n) is 6.43. The number of carbonyl (C=O) groups is 1. The molecule has 0 aliphatic carbocycles. The Balaban J connectivity index is 2.19. The van der Waals surface area contributed by atoms with Crippen LogP contribution >= 0.6 is 0 Å². The van der Waals surface area contributed by atoms with E-state index in [1.165, 1.54) is 19.1 Å². The lowest BCUT2D eigenvalue weighted by Gasteiger charge is -2.23. The van der Waals surface area contributed by atoms with Gasteiger partial charge in [0.1, 0.15) is 5.82 Å². The molecule has 20 heavy (non-hydrogen) atoms. The summed E-state index contributed by atoms with van der Waals surface area (Å²) in [4.78, 5) is 25.1. The molecule has 1 amide bonds. The highest BCUT2D eigenvalue weighted by Crippen LogP contribution is 2.24. The number of nitro benzene ring substituents is 1. The molecule has 1 aliphatic rings. The number of benzene rings is 1. The highest BCUT2D eigenvalue weighted by Gasteiger charge is 2.19. The number of non-ortho nitro benzene ring substituents is 1. The third-order valence-corrected chi connectivity index (χ3v) is 3.38. The van der Waals surface area contributed by atoms with Gasteiger partial charge in [0.2, 0.25) is 5.91 Å². The fourth-order valence-corrected chi connectivity index (χ4v) is 2.34. The normalized spacial score (nSPS) is 15.9. The van der Waals surface area contributed by atoms with Crippen molar-refractivity contribution in [3.63, 3.8) is 0 Å². The Morgan fingerprint density at radius 3 is 2.65 bits per heavy atom. The summed E-state index contributed by atoms with van der Waals surface area (Å²) in [6, 6.07) is 3.56. The van der Waals surface area contributed by atoms with Crippen LogP contribution in [0.25, 0.3) is 0 Å². The maximum atomic E-state index is 13.5. The Morgan fingerprint density at radius 1 is 1.25 bits per heavy atom. The van der Waals surface area contributed by atoms with Crippen LogP contribution in [0.1, 0.15) is 13.3 Å². The molecule has 0 N–H and O–H groups in total. The highest BCUT2D eigenvalue weighted by molar-refractivity contribution is 5.73. The number of anilines is 1. The summed E-state index contributed by atoms with van der Waals surface area (Å²) in [6.45, 7) is 3.90. The Kier molecular flexibility index (Phi) is 4.16. The number of nitrogens with zero attached hydrogens (tertiary/aromatic N) is 3. The molecule has 108 valence electrons. The molecule has 1 fully saturated rings. The average molecular weight is 281 g/mol. The molecular weight excluding hydrogens is 265 g/mol. The molecule has 2 rings (SSSR count). The number of hydrogen-bond donors (Lipinski definition) is 0. The Morgan fingerprint density at radius 2 is 2.00 bits per heavy atom. The van der Waals surface area contributed by atoms with Gasteiger partial charge in [0.15, 0.2) is 0 Å². The second-order valence-corrected chi connectivity index (χ2v) is 4.77. The molecule has 6 nitrogen and oxygen atoms in total. The van der Waals surface area contributed by atoms with Crippen molar-refractivity contribution < 1.29 is 14.1 Å². The van der Waals surface area contributed by atoms with E-state index in [0.717, 1.165) is 12.5 Å². The van der Waals surface area contributed by atoms with E-state index >= 15 is 0 Å². The van der Waals surface area contributed by atoms with Gasteiger partial charge in [-0.3, -0.25) is 14.9 Å². The van der Waals surface area contributed by atoms with Crippen molar-refractivity contribution in [2.24, 2.45) is 0 Å². The van der Waals surface area contributed by atoms with Gasteiger partial charge in [-0.1, -0.05) is 0 Å². The number of hydrogen-bond acceptors (Lipinski definition) is 4. The van der Waals surface area contributed by atoms with Gasteiger partial charge < -0.3 is 9.80 Å². The number of nitro groups is 1. The smallest absolute Gasteiger partial charge is 0.274 e. The first-order chi connectivity index (χ1) is 9.47. The Labute approximate surface area is 115 Å². The van der Waals surface area contributed by atoms with E-state index in [1.807, 2.05) is 4.90 Å². The monoisotopic (exact) mass is 281 g/mol. The van der Waals surface area contributed by atoms with Crippen molar-refractivity contribution >= 4 is 17.3 Å². The molecule has 0 bridgehead atoms. The van der Waals surface area contributed by atoms with E-state index in [-0.39, 0.29) is 11.6 Å². The standard InChI is InChI=1S/C13H16FN3O3/c1-10(18)15-3-2-4-16(6-5-15)12-7-11(14)8-13(9-12)17(19)20/h7-9H,2-6H2,1H3. The van der Waals surface area contributed by atoms with E-state index < -0.39 is 10.7 Å². The first-order valence-corrected chi connectivity index (χ1v) is 6.43. The lowest BCUT2D eigenvalue weighted by Crippen LogP contribution is -2.33. The summed E-state index contributed by atoms with van der Waals surface area (Å²) in [5.74, 6) is -0.612. The largest absolute Gasteiger partial charge is 0.369 e. The van der Waals surface area contributed by atoms with Crippen molar-refractivity contribution in [1.29, 1.82) is 0 Å². The number of halogens is 1. The topological polar surface area (TPSA) is 66.7 Å². The van der Waals surface area contributed by atoms with Crippen molar-refractivity contribution in [3.05, 3.63) is 34.1 Å². The van der Waals surface area contributed by atoms with Gasteiger partial charge in [-0.25, -0.2) is 4.39 Å². The van der Waals surface area contributed by atoms with Crippen LogP contribution in [0.15, 0.2) is 18.2 Å². The van der Waals surface area contributed by atoms with E-state index in [4.69, 9.17) is 0 Å². The molecule has 0 aromatic heterocycles. The molecule has 1 heterocycles. The summed E-state index contributed by atoms with van der Waals surface area (Å²) in [6.07, 6.45) is 0.754. The van der Waals surface area contributed by atoms with Gasteiger partial charge in [0.05, 0.1) is 11.0 Å². The third-order valence-electron chi connectivity index (χ3n) is 3.38. The van der Waals surface area contributed by atoms with Crippen molar-refractivity contribution in [3.8, 4) is 0 Å². The van der Waals surface area contributed by atoms with E-state index in [0.29, 0.717) is 31.9 Å². The fraction of sp³-hybridized carbons (Fsp3) is 0.462. The van der Waals surface area contributed by atoms with Gasteiger partial charge in [-0.15, -0.1) is 0 Å². The second kappa shape index (κ2) is 5.85. The van der Waals surface area contributed by atoms with Crippen LogP contribution in [-0.2, 0) is 4.79 Å². The maximum Gasteiger partial charge on any atom is 0.274 e. The summed E-state index contributed by atoms with van der Waals surface area (Å²) < 4.78 is 13.5. The predicted molar refractivity (Wildman–Crippen MR) is 72.1 cm³/mol. The first kappa shape index (κ1) is 14.2. The van der Waals surface area contributed by atoms with Crippen molar-refractivity contribution in [2.75, 3.05) is 31.1 Å². The molecular formula is C13H16FN3O3. The van der Waals surface area contributed by atoms with Gasteiger partial charge in [-0.05, 0) is 12.5 Å². The molecule has 0 unspecified atom stereocenters. The van der Waals surface area contributed by atoms with Gasteiger partial charge in [0.25, 0.3) is 5.69 Å². The summed E-state index contributed by atoms with van der Waals surface area (Å²) >= 11 is 0. The van der Waals surface area contributed by atoms with Crippen LogP contribution in [0.4, 0.5) is 15.8 Å². The van der Waals surface area contributed by atoms with E-state index in [1.54, 1.807) is 4.90 Å². The van der Waals surface area contributed by atoms with Crippen LogP contribution in [0.2, 0.25) is 0 Å². The van der Waals surface area contributed by atoms with Crippen LogP contribution < -0.4 is 4.90 Å². The van der Waals surface area contributed by atoms with Gasteiger partial charge in [-0.2, -0.15) is 0 Å². The molecule has 1 saturated heterocycles. The number of amides is 1. The zero-order valence-electron chi connectivity index (χ0n) is 11.2. The Hall–Kier alpha value is -2.18. The molecule has 0 spiro atoms. The quantitative estimate of drug-likeness (QED) is 0.612. The molecule has 0 saturated carbocycles. The predicted octanol–water partition coefficient (Wildman–Crippen LogP) is 1.79. The lowest BCUT2D eigenvalue weighted by atomic mass is 10.2. The summed E-state index contributed by atoms with van der Waals surface area (Å²) in [5.41, 5.74) is 0.231. The molecule has 1 aromatic rings. The number of rotatable bonds is 2. The van der Waals surface area contributed by atoms with Crippen LogP contribution in [0.5, 0.6) is 0 Å². The molecule has 1 aromatic carbocycles. The van der Waals surface area contributed by atoms with E-state index in [2.05, 4.69) is 0 Å². The minimum atomic E-state index is -0.623. The maximum absolute atomic E-state index is 13.5. The summed E-state index contributed by atoms with van der Waals surface area (Å²) in [5, 5.41) is 10.8.